The highest BCUT2D eigenvalue weighted by atomic mass is 79.9. The van der Waals surface area contributed by atoms with Gasteiger partial charge in [0.15, 0.2) is 0 Å². The van der Waals surface area contributed by atoms with Gasteiger partial charge in [0, 0.05) is 18.8 Å². The van der Waals surface area contributed by atoms with E-state index in [9.17, 15) is 9.59 Å². The number of hydrogen-bond donors (Lipinski definition) is 1. The van der Waals surface area contributed by atoms with Crippen LogP contribution in [0.5, 0.6) is 0 Å². The van der Waals surface area contributed by atoms with Gasteiger partial charge in [-0.1, -0.05) is 22.9 Å². The van der Waals surface area contributed by atoms with Crippen molar-refractivity contribution in [3.63, 3.8) is 0 Å². The van der Waals surface area contributed by atoms with Gasteiger partial charge < -0.3 is 0 Å². The van der Waals surface area contributed by atoms with Gasteiger partial charge in [-0.2, -0.15) is 5.10 Å². The first kappa shape index (κ1) is 11.3. The zero-order valence-electron chi connectivity index (χ0n) is 9.03. The second-order valence-corrected chi connectivity index (χ2v) is 4.78. The SMILES string of the molecule is CCc1nn(C)cc1C1C(=O)NC(=O)C1Br. The molecule has 2 heterocycles. The average Bonchev–Trinajstić information content (AvgIpc) is 2.69. The highest BCUT2D eigenvalue weighted by molar-refractivity contribution is 9.10. The minimum absolute atomic E-state index is 0.255. The van der Waals surface area contributed by atoms with Gasteiger partial charge in [-0.3, -0.25) is 19.6 Å². The first-order valence-corrected chi connectivity index (χ1v) is 5.97. The van der Waals surface area contributed by atoms with Gasteiger partial charge >= 0.3 is 0 Å². The van der Waals surface area contributed by atoms with Crippen LogP contribution < -0.4 is 5.32 Å². The minimum Gasteiger partial charge on any atom is -0.295 e. The van der Waals surface area contributed by atoms with E-state index < -0.39 is 10.7 Å². The van der Waals surface area contributed by atoms with Crippen LogP contribution in [-0.2, 0) is 23.1 Å². The smallest absolute Gasteiger partial charge is 0.241 e. The molecule has 1 fully saturated rings. The zero-order chi connectivity index (χ0) is 11.9. The van der Waals surface area contributed by atoms with E-state index in [0.29, 0.717) is 0 Å². The molecule has 0 aromatic carbocycles. The molecule has 1 aromatic heterocycles. The third-order valence-corrected chi connectivity index (χ3v) is 3.62. The molecular formula is C10H12BrN3O2. The lowest BCUT2D eigenvalue weighted by Crippen LogP contribution is -2.22. The maximum absolute atomic E-state index is 11.7. The summed E-state index contributed by atoms with van der Waals surface area (Å²) < 4.78 is 1.67. The number of hydrogen-bond acceptors (Lipinski definition) is 3. The summed E-state index contributed by atoms with van der Waals surface area (Å²) in [6, 6.07) is 0. The molecule has 2 atom stereocenters. The number of aryl methyl sites for hydroxylation is 2. The van der Waals surface area contributed by atoms with Gasteiger partial charge in [-0.25, -0.2) is 0 Å². The van der Waals surface area contributed by atoms with E-state index in [1.165, 1.54) is 0 Å². The van der Waals surface area contributed by atoms with Crippen LogP contribution in [0.25, 0.3) is 0 Å². The van der Waals surface area contributed by atoms with Crippen molar-refractivity contribution in [3.8, 4) is 0 Å². The van der Waals surface area contributed by atoms with E-state index in [4.69, 9.17) is 0 Å². The summed E-state index contributed by atoms with van der Waals surface area (Å²) in [5.41, 5.74) is 1.69. The highest BCUT2D eigenvalue weighted by Crippen LogP contribution is 2.31. The third kappa shape index (κ3) is 1.67. The molecule has 1 aliphatic heterocycles. The first-order valence-electron chi connectivity index (χ1n) is 5.05. The Balaban J connectivity index is 2.43. The monoisotopic (exact) mass is 285 g/mol. The summed E-state index contributed by atoms with van der Waals surface area (Å²) in [6.45, 7) is 1.98. The van der Waals surface area contributed by atoms with Crippen LogP contribution in [0.2, 0.25) is 0 Å². The Hall–Kier alpha value is -1.17. The highest BCUT2D eigenvalue weighted by Gasteiger charge is 2.42. The van der Waals surface area contributed by atoms with Crippen molar-refractivity contribution >= 4 is 27.7 Å². The van der Waals surface area contributed by atoms with Gasteiger partial charge in [-0.05, 0) is 6.42 Å². The molecule has 0 saturated carbocycles. The van der Waals surface area contributed by atoms with E-state index in [0.717, 1.165) is 17.7 Å². The van der Waals surface area contributed by atoms with Crippen molar-refractivity contribution in [1.29, 1.82) is 0 Å². The Labute approximate surface area is 101 Å². The maximum Gasteiger partial charge on any atom is 0.241 e. The molecule has 16 heavy (non-hydrogen) atoms. The Kier molecular flexibility index (Phi) is 2.84. The molecule has 86 valence electrons. The lowest BCUT2D eigenvalue weighted by molar-refractivity contribution is -0.125. The van der Waals surface area contributed by atoms with Crippen LogP contribution in [0.15, 0.2) is 6.20 Å². The van der Waals surface area contributed by atoms with E-state index in [-0.39, 0.29) is 11.8 Å². The molecule has 1 N–H and O–H groups in total. The van der Waals surface area contributed by atoms with Gasteiger partial charge in [0.2, 0.25) is 11.8 Å². The predicted octanol–water partition coefficient (Wildman–Crippen LogP) is 0.486. The van der Waals surface area contributed by atoms with Crippen LogP contribution in [0.4, 0.5) is 0 Å². The molecule has 2 amide bonds. The van der Waals surface area contributed by atoms with Crippen molar-refractivity contribution in [2.75, 3.05) is 0 Å². The van der Waals surface area contributed by atoms with Crippen LogP contribution in [-0.4, -0.2) is 26.4 Å². The van der Waals surface area contributed by atoms with Crippen LogP contribution >= 0.6 is 15.9 Å². The number of nitrogens with one attached hydrogen (secondary N) is 1. The van der Waals surface area contributed by atoms with Crippen molar-refractivity contribution in [2.45, 2.75) is 24.1 Å². The van der Waals surface area contributed by atoms with Crippen LogP contribution in [0.3, 0.4) is 0 Å². The lowest BCUT2D eigenvalue weighted by atomic mass is 9.97. The average molecular weight is 286 g/mol. The van der Waals surface area contributed by atoms with Crippen molar-refractivity contribution in [2.24, 2.45) is 7.05 Å². The number of carbonyl (C=O) groups is 2. The number of amides is 2. The van der Waals surface area contributed by atoms with E-state index in [1.807, 2.05) is 6.92 Å². The summed E-state index contributed by atoms with van der Waals surface area (Å²) in [7, 11) is 1.81. The van der Waals surface area contributed by atoms with Crippen LogP contribution in [0.1, 0.15) is 24.1 Å². The number of aromatic nitrogens is 2. The lowest BCUT2D eigenvalue weighted by Gasteiger charge is -2.08. The standard InChI is InChI=1S/C10H12BrN3O2/c1-3-6-5(4-14(2)13-6)7-8(11)10(16)12-9(7)15/h4,7-8H,3H2,1-2H3,(H,12,15,16). The van der Waals surface area contributed by atoms with Crippen molar-refractivity contribution < 1.29 is 9.59 Å². The number of rotatable bonds is 2. The molecular weight excluding hydrogens is 274 g/mol. The molecule has 1 aromatic rings. The normalized spacial score (nSPS) is 24.9. The Morgan fingerprint density at radius 2 is 2.19 bits per heavy atom. The number of imide groups is 1. The fourth-order valence-electron chi connectivity index (χ4n) is 1.94. The Morgan fingerprint density at radius 3 is 2.69 bits per heavy atom. The quantitative estimate of drug-likeness (QED) is 0.635. The summed E-state index contributed by atoms with van der Waals surface area (Å²) in [5.74, 6) is -0.994. The summed E-state index contributed by atoms with van der Waals surface area (Å²) in [5, 5.41) is 6.59. The Bertz CT molecular complexity index is 455. The van der Waals surface area contributed by atoms with Crippen molar-refractivity contribution in [3.05, 3.63) is 17.5 Å². The number of alkyl halides is 1. The topological polar surface area (TPSA) is 64.0 Å². The fourth-order valence-corrected chi connectivity index (χ4v) is 2.58. The number of carbonyl (C=O) groups excluding carboxylic acids is 2. The van der Waals surface area contributed by atoms with Gasteiger partial charge in [-0.15, -0.1) is 0 Å². The molecule has 5 nitrogen and oxygen atoms in total. The van der Waals surface area contributed by atoms with Crippen molar-refractivity contribution in [1.82, 2.24) is 15.1 Å². The predicted molar refractivity (Wildman–Crippen MR) is 61.2 cm³/mol. The fraction of sp³-hybridized carbons (Fsp3) is 0.500. The summed E-state index contributed by atoms with van der Waals surface area (Å²) in [4.78, 5) is 22.6. The van der Waals surface area contributed by atoms with E-state index in [2.05, 4.69) is 26.3 Å². The second kappa shape index (κ2) is 4.01. The molecule has 6 heteroatoms. The van der Waals surface area contributed by atoms with Gasteiger partial charge in [0.05, 0.1) is 11.6 Å². The second-order valence-electron chi connectivity index (χ2n) is 3.79. The summed E-state index contributed by atoms with van der Waals surface area (Å²) >= 11 is 3.25. The largest absolute Gasteiger partial charge is 0.295 e. The molecule has 2 unspecified atom stereocenters. The zero-order valence-corrected chi connectivity index (χ0v) is 10.6. The number of nitrogens with zero attached hydrogens (tertiary/aromatic N) is 2. The molecule has 2 rings (SSSR count). The molecule has 0 aliphatic carbocycles. The molecule has 0 spiro atoms. The summed E-state index contributed by atoms with van der Waals surface area (Å²) in [6.07, 6.45) is 2.55. The molecule has 0 bridgehead atoms. The van der Waals surface area contributed by atoms with Gasteiger partial charge in [0.1, 0.15) is 4.83 Å². The minimum atomic E-state index is -0.491. The van der Waals surface area contributed by atoms with E-state index >= 15 is 0 Å². The van der Waals surface area contributed by atoms with Gasteiger partial charge in [0.25, 0.3) is 0 Å². The molecule has 1 aliphatic rings. The maximum atomic E-state index is 11.7. The van der Waals surface area contributed by atoms with Crippen LogP contribution in [0, 0.1) is 0 Å². The van der Waals surface area contributed by atoms with E-state index in [1.54, 1.807) is 17.9 Å². The molecule has 1 saturated heterocycles. The molecule has 0 radical (unpaired) electrons. The number of halogens is 1. The third-order valence-electron chi connectivity index (χ3n) is 2.68. The first-order chi connectivity index (χ1) is 7.54. The Morgan fingerprint density at radius 1 is 1.50 bits per heavy atom.